The first-order valence-electron chi connectivity index (χ1n) is 5.39. The molecule has 0 amide bonds. The molecule has 0 aliphatic heterocycles. The zero-order chi connectivity index (χ0) is 12.2. The number of benzene rings is 1. The molecule has 1 aromatic carbocycles. The maximum Gasteiger partial charge on any atom is 0.123 e. The summed E-state index contributed by atoms with van der Waals surface area (Å²) in [5.74, 6) is 0.922. The third-order valence-electron chi connectivity index (χ3n) is 2.28. The minimum Gasteiger partial charge on any atom is -0.493 e. The number of hydrogen-bond donors (Lipinski definition) is 0. The molecule has 0 aliphatic carbocycles. The molecule has 1 aromatic rings. The third-order valence-corrected chi connectivity index (χ3v) is 3.12. The molecule has 0 aliphatic rings. The van der Waals surface area contributed by atoms with E-state index in [1.165, 1.54) is 0 Å². The SMILES string of the molecule is CC(C)(C)CCOc1ccc(Cl)cc1CBr. The van der Waals surface area contributed by atoms with Crippen molar-refractivity contribution < 1.29 is 4.74 Å². The molecular weight excluding hydrogens is 287 g/mol. The summed E-state index contributed by atoms with van der Waals surface area (Å²) in [6, 6.07) is 5.73. The van der Waals surface area contributed by atoms with Crippen LogP contribution in [0.1, 0.15) is 32.8 Å². The van der Waals surface area contributed by atoms with E-state index in [2.05, 4.69) is 36.7 Å². The Labute approximate surface area is 111 Å². The molecule has 0 unspecified atom stereocenters. The van der Waals surface area contributed by atoms with Gasteiger partial charge in [-0.05, 0) is 30.0 Å². The monoisotopic (exact) mass is 304 g/mol. The quantitative estimate of drug-likeness (QED) is 0.707. The van der Waals surface area contributed by atoms with Crippen LogP contribution in [0.5, 0.6) is 5.75 Å². The highest BCUT2D eigenvalue weighted by Gasteiger charge is 2.11. The zero-order valence-electron chi connectivity index (χ0n) is 10.0. The Morgan fingerprint density at radius 1 is 1.31 bits per heavy atom. The fraction of sp³-hybridized carbons (Fsp3) is 0.538. The Hall–Kier alpha value is -0.210. The fourth-order valence-electron chi connectivity index (χ4n) is 1.26. The molecule has 0 heterocycles. The third kappa shape index (κ3) is 4.75. The topological polar surface area (TPSA) is 9.23 Å². The van der Waals surface area contributed by atoms with Gasteiger partial charge in [0.15, 0.2) is 0 Å². The number of rotatable bonds is 4. The van der Waals surface area contributed by atoms with Crippen LogP contribution in [-0.4, -0.2) is 6.61 Å². The van der Waals surface area contributed by atoms with Gasteiger partial charge in [-0.1, -0.05) is 48.3 Å². The van der Waals surface area contributed by atoms with Gasteiger partial charge in [0, 0.05) is 15.9 Å². The van der Waals surface area contributed by atoms with Crippen LogP contribution in [-0.2, 0) is 5.33 Å². The summed E-state index contributed by atoms with van der Waals surface area (Å²) < 4.78 is 5.77. The molecule has 0 bridgehead atoms. The van der Waals surface area contributed by atoms with Crippen molar-refractivity contribution in [3.63, 3.8) is 0 Å². The number of halogens is 2. The van der Waals surface area contributed by atoms with Crippen molar-refractivity contribution in [1.29, 1.82) is 0 Å². The van der Waals surface area contributed by atoms with E-state index in [1.54, 1.807) is 0 Å². The van der Waals surface area contributed by atoms with E-state index in [0.29, 0.717) is 5.41 Å². The highest BCUT2D eigenvalue weighted by Crippen LogP contribution is 2.26. The molecule has 1 rings (SSSR count). The van der Waals surface area contributed by atoms with Gasteiger partial charge in [0.25, 0.3) is 0 Å². The van der Waals surface area contributed by atoms with E-state index in [1.807, 2.05) is 18.2 Å². The van der Waals surface area contributed by atoms with Crippen LogP contribution in [0.25, 0.3) is 0 Å². The van der Waals surface area contributed by atoms with Gasteiger partial charge in [-0.15, -0.1) is 0 Å². The Bertz CT molecular complexity index is 344. The van der Waals surface area contributed by atoms with E-state index in [-0.39, 0.29) is 0 Å². The summed E-state index contributed by atoms with van der Waals surface area (Å²) in [4.78, 5) is 0. The molecule has 90 valence electrons. The second kappa shape index (κ2) is 5.92. The molecule has 1 nitrogen and oxygen atoms in total. The minimum atomic E-state index is 0.307. The Morgan fingerprint density at radius 2 is 2.00 bits per heavy atom. The van der Waals surface area contributed by atoms with Crippen molar-refractivity contribution >= 4 is 27.5 Å². The summed E-state index contributed by atoms with van der Waals surface area (Å²) >= 11 is 9.36. The van der Waals surface area contributed by atoms with Crippen molar-refractivity contribution in [3.8, 4) is 5.75 Å². The Balaban J connectivity index is 2.60. The average molecular weight is 306 g/mol. The van der Waals surface area contributed by atoms with E-state index < -0.39 is 0 Å². The second-order valence-electron chi connectivity index (χ2n) is 5.04. The predicted octanol–water partition coefficient (Wildman–Crippen LogP) is 5.05. The van der Waals surface area contributed by atoms with Crippen LogP contribution in [0.2, 0.25) is 5.02 Å². The highest BCUT2D eigenvalue weighted by atomic mass is 79.9. The molecule has 0 fully saturated rings. The Kier molecular flexibility index (Phi) is 5.13. The van der Waals surface area contributed by atoms with Crippen molar-refractivity contribution in [2.24, 2.45) is 5.41 Å². The van der Waals surface area contributed by atoms with Crippen LogP contribution >= 0.6 is 27.5 Å². The van der Waals surface area contributed by atoms with E-state index in [0.717, 1.165) is 34.7 Å². The zero-order valence-corrected chi connectivity index (χ0v) is 12.4. The standard InChI is InChI=1S/C13H18BrClO/c1-13(2,3)6-7-16-12-5-4-11(15)8-10(12)9-14/h4-5,8H,6-7,9H2,1-3H3. The van der Waals surface area contributed by atoms with Gasteiger partial charge >= 0.3 is 0 Å². The lowest BCUT2D eigenvalue weighted by Crippen LogP contribution is -2.11. The van der Waals surface area contributed by atoms with Crippen molar-refractivity contribution in [2.45, 2.75) is 32.5 Å². The molecule has 0 aromatic heterocycles. The first-order chi connectivity index (χ1) is 7.42. The smallest absolute Gasteiger partial charge is 0.123 e. The molecule has 0 atom stereocenters. The van der Waals surface area contributed by atoms with Crippen LogP contribution in [0, 0.1) is 5.41 Å². The summed E-state index contributed by atoms with van der Waals surface area (Å²) in [7, 11) is 0. The highest BCUT2D eigenvalue weighted by molar-refractivity contribution is 9.08. The molecule has 16 heavy (non-hydrogen) atoms. The van der Waals surface area contributed by atoms with Gasteiger partial charge < -0.3 is 4.74 Å². The molecule has 3 heteroatoms. The van der Waals surface area contributed by atoms with Gasteiger partial charge in [0.1, 0.15) is 5.75 Å². The summed E-state index contributed by atoms with van der Waals surface area (Å²) in [5.41, 5.74) is 1.41. The molecule has 0 N–H and O–H groups in total. The first kappa shape index (κ1) is 13.9. The van der Waals surface area contributed by atoms with Gasteiger partial charge in [0.05, 0.1) is 6.61 Å². The molecular formula is C13H18BrClO. The van der Waals surface area contributed by atoms with Crippen molar-refractivity contribution in [3.05, 3.63) is 28.8 Å². The fourth-order valence-corrected chi connectivity index (χ4v) is 1.89. The van der Waals surface area contributed by atoms with Crippen molar-refractivity contribution in [2.75, 3.05) is 6.61 Å². The lowest BCUT2D eigenvalue weighted by Gasteiger charge is -2.19. The Morgan fingerprint density at radius 3 is 2.56 bits per heavy atom. The van der Waals surface area contributed by atoms with Gasteiger partial charge in [-0.25, -0.2) is 0 Å². The van der Waals surface area contributed by atoms with E-state index in [9.17, 15) is 0 Å². The number of alkyl halides is 1. The minimum absolute atomic E-state index is 0.307. The molecule has 0 radical (unpaired) electrons. The lowest BCUT2D eigenvalue weighted by molar-refractivity contribution is 0.242. The average Bonchev–Trinajstić information content (AvgIpc) is 2.18. The van der Waals surface area contributed by atoms with E-state index >= 15 is 0 Å². The first-order valence-corrected chi connectivity index (χ1v) is 6.89. The summed E-state index contributed by atoms with van der Waals surface area (Å²) in [5, 5.41) is 1.51. The molecule has 0 saturated heterocycles. The van der Waals surface area contributed by atoms with Gasteiger partial charge in [-0.2, -0.15) is 0 Å². The van der Waals surface area contributed by atoms with Crippen LogP contribution in [0.4, 0.5) is 0 Å². The van der Waals surface area contributed by atoms with Crippen molar-refractivity contribution in [1.82, 2.24) is 0 Å². The van der Waals surface area contributed by atoms with Crippen LogP contribution in [0.15, 0.2) is 18.2 Å². The van der Waals surface area contributed by atoms with Gasteiger partial charge in [-0.3, -0.25) is 0 Å². The number of ether oxygens (including phenoxy) is 1. The maximum atomic E-state index is 5.93. The number of hydrogen-bond acceptors (Lipinski definition) is 1. The van der Waals surface area contributed by atoms with Crippen LogP contribution in [0.3, 0.4) is 0 Å². The predicted molar refractivity (Wildman–Crippen MR) is 73.7 cm³/mol. The summed E-state index contributed by atoms with van der Waals surface area (Å²) in [6.45, 7) is 7.38. The normalized spacial score (nSPS) is 11.6. The van der Waals surface area contributed by atoms with Gasteiger partial charge in [0.2, 0.25) is 0 Å². The summed E-state index contributed by atoms with van der Waals surface area (Å²) in [6.07, 6.45) is 1.04. The largest absolute Gasteiger partial charge is 0.493 e. The van der Waals surface area contributed by atoms with E-state index in [4.69, 9.17) is 16.3 Å². The molecule has 0 saturated carbocycles. The molecule has 0 spiro atoms. The second-order valence-corrected chi connectivity index (χ2v) is 6.04. The van der Waals surface area contributed by atoms with Crippen LogP contribution < -0.4 is 4.74 Å². The maximum absolute atomic E-state index is 5.93. The lowest BCUT2D eigenvalue weighted by atomic mass is 9.93.